The summed E-state index contributed by atoms with van der Waals surface area (Å²) in [6.45, 7) is 0. The van der Waals surface area contributed by atoms with Crippen molar-refractivity contribution in [1.82, 2.24) is 0 Å². The van der Waals surface area contributed by atoms with Crippen molar-refractivity contribution in [3.63, 3.8) is 0 Å². The van der Waals surface area contributed by atoms with Gasteiger partial charge in [-0.3, -0.25) is 0 Å². The minimum atomic E-state index is 0.664. The highest BCUT2D eigenvalue weighted by atomic mass is 31.0. The van der Waals surface area contributed by atoms with Crippen LogP contribution in [0.5, 0.6) is 11.5 Å². The summed E-state index contributed by atoms with van der Waals surface area (Å²) in [5, 5.41) is 1.20. The summed E-state index contributed by atoms with van der Waals surface area (Å²) in [6, 6.07) is 12.6. The molecule has 3 heteroatoms. The van der Waals surface area contributed by atoms with Gasteiger partial charge < -0.3 is 9.47 Å². The topological polar surface area (TPSA) is 18.5 Å². The molecule has 2 aromatic rings. The molecule has 1 saturated carbocycles. The minimum Gasteiger partial charge on any atom is -0.496 e. The molecule has 0 bridgehead atoms. The summed E-state index contributed by atoms with van der Waals surface area (Å²) in [6.07, 6.45) is 6.63. The Labute approximate surface area is 141 Å². The number of methoxy groups -OCH3 is 2. The van der Waals surface area contributed by atoms with Crippen LogP contribution >= 0.6 is 9.24 Å². The van der Waals surface area contributed by atoms with Gasteiger partial charge in [-0.1, -0.05) is 49.6 Å². The maximum Gasteiger partial charge on any atom is 0.134 e. The molecule has 0 amide bonds. The van der Waals surface area contributed by atoms with E-state index < -0.39 is 0 Å². The summed E-state index contributed by atoms with van der Waals surface area (Å²) in [5.74, 6) is 2.49. The lowest BCUT2D eigenvalue weighted by Gasteiger charge is -2.25. The maximum atomic E-state index is 5.79. The van der Waals surface area contributed by atoms with Crippen LogP contribution in [0.3, 0.4) is 0 Å². The molecule has 2 nitrogen and oxygen atoms in total. The van der Waals surface area contributed by atoms with Crippen LogP contribution in [0.2, 0.25) is 0 Å². The van der Waals surface area contributed by atoms with Crippen LogP contribution in [-0.4, -0.2) is 14.2 Å². The highest BCUT2D eigenvalue weighted by molar-refractivity contribution is 7.28. The van der Waals surface area contributed by atoms with E-state index in [-0.39, 0.29) is 0 Å². The second-order valence-corrected chi connectivity index (χ2v) is 6.76. The molecule has 0 aliphatic heterocycles. The van der Waals surface area contributed by atoms with Crippen LogP contribution in [0.1, 0.15) is 43.6 Å². The lowest BCUT2D eigenvalue weighted by molar-refractivity contribution is 0.410. The summed E-state index contributed by atoms with van der Waals surface area (Å²) < 4.78 is 11.3. The van der Waals surface area contributed by atoms with Crippen LogP contribution in [-0.2, 0) is 0 Å². The van der Waals surface area contributed by atoms with E-state index in [2.05, 4.69) is 27.4 Å². The average molecular weight is 328 g/mol. The quantitative estimate of drug-likeness (QED) is 0.742. The summed E-state index contributed by atoms with van der Waals surface area (Å²) in [5.41, 5.74) is 3.59. The molecule has 0 aromatic heterocycles. The van der Waals surface area contributed by atoms with Gasteiger partial charge in [0, 0.05) is 16.4 Å². The van der Waals surface area contributed by atoms with Crippen molar-refractivity contribution in [2.24, 2.45) is 0 Å². The zero-order valence-corrected chi connectivity index (χ0v) is 15.1. The molecule has 1 aliphatic rings. The van der Waals surface area contributed by atoms with E-state index in [0.717, 1.165) is 22.6 Å². The first-order valence-corrected chi connectivity index (χ1v) is 8.93. The fourth-order valence-electron chi connectivity index (χ4n) is 3.68. The van der Waals surface area contributed by atoms with Crippen LogP contribution in [0.25, 0.3) is 11.1 Å². The highest BCUT2D eigenvalue weighted by Gasteiger charge is 2.21. The number of hydrogen-bond donors (Lipinski definition) is 0. The molecule has 122 valence electrons. The van der Waals surface area contributed by atoms with E-state index in [0.29, 0.717) is 5.92 Å². The standard InChI is InChI=1S/C20H25O2P/c1-21-18-11-7-6-10-16(18)17-13-12-15(20(23)19(17)22-2)14-8-4-3-5-9-14/h6-7,10-14H,3-5,8-9,23H2,1-2H3. The van der Waals surface area contributed by atoms with Crippen LogP contribution in [0.15, 0.2) is 36.4 Å². The first kappa shape index (κ1) is 16.3. The third-order valence-corrected chi connectivity index (χ3v) is 5.47. The molecule has 23 heavy (non-hydrogen) atoms. The van der Waals surface area contributed by atoms with Gasteiger partial charge in [0.1, 0.15) is 11.5 Å². The van der Waals surface area contributed by atoms with E-state index in [4.69, 9.17) is 9.47 Å². The monoisotopic (exact) mass is 328 g/mol. The summed E-state index contributed by atoms with van der Waals surface area (Å²) in [4.78, 5) is 0. The van der Waals surface area contributed by atoms with Gasteiger partial charge >= 0.3 is 0 Å². The molecule has 1 fully saturated rings. The largest absolute Gasteiger partial charge is 0.496 e. The van der Waals surface area contributed by atoms with Crippen molar-refractivity contribution < 1.29 is 9.47 Å². The molecular weight excluding hydrogens is 303 g/mol. The smallest absolute Gasteiger partial charge is 0.134 e. The number of para-hydroxylation sites is 1. The molecule has 2 aromatic carbocycles. The second-order valence-electron chi connectivity index (χ2n) is 6.18. The molecule has 0 heterocycles. The van der Waals surface area contributed by atoms with E-state index in [1.807, 2.05) is 18.2 Å². The molecule has 0 spiro atoms. The zero-order valence-electron chi connectivity index (χ0n) is 14.0. The lowest BCUT2D eigenvalue weighted by Crippen LogP contribution is -2.14. The van der Waals surface area contributed by atoms with Gasteiger partial charge in [0.05, 0.1) is 14.2 Å². The van der Waals surface area contributed by atoms with Gasteiger partial charge in [0.25, 0.3) is 0 Å². The number of benzene rings is 2. The third-order valence-electron chi connectivity index (χ3n) is 4.88. The number of rotatable bonds is 4. The molecule has 0 N–H and O–H groups in total. The van der Waals surface area contributed by atoms with Crippen molar-refractivity contribution in [3.05, 3.63) is 42.0 Å². The van der Waals surface area contributed by atoms with Crippen molar-refractivity contribution in [3.8, 4) is 22.6 Å². The number of ether oxygens (including phenoxy) is 2. The van der Waals surface area contributed by atoms with Gasteiger partial charge in [-0.05, 0) is 30.4 Å². The number of hydrogen-bond acceptors (Lipinski definition) is 2. The Morgan fingerprint density at radius 1 is 0.870 bits per heavy atom. The van der Waals surface area contributed by atoms with Gasteiger partial charge in [0.15, 0.2) is 0 Å². The molecule has 1 unspecified atom stereocenters. The van der Waals surface area contributed by atoms with Crippen molar-refractivity contribution in [2.45, 2.75) is 38.0 Å². The Balaban J connectivity index is 2.07. The van der Waals surface area contributed by atoms with Crippen LogP contribution in [0.4, 0.5) is 0 Å². The first-order valence-electron chi connectivity index (χ1n) is 8.36. The molecule has 0 saturated heterocycles. The predicted molar refractivity (Wildman–Crippen MR) is 100 cm³/mol. The van der Waals surface area contributed by atoms with Crippen molar-refractivity contribution in [1.29, 1.82) is 0 Å². The van der Waals surface area contributed by atoms with Crippen LogP contribution in [0, 0.1) is 0 Å². The van der Waals surface area contributed by atoms with Gasteiger partial charge in [-0.25, -0.2) is 0 Å². The Morgan fingerprint density at radius 2 is 1.61 bits per heavy atom. The SMILES string of the molecule is COc1ccccc1-c1ccc(C2CCCCC2)c(P)c1OC. The summed E-state index contributed by atoms with van der Waals surface area (Å²) >= 11 is 0. The Hall–Kier alpha value is -1.53. The maximum absolute atomic E-state index is 5.79. The summed E-state index contributed by atoms with van der Waals surface area (Å²) in [7, 11) is 6.38. The first-order chi connectivity index (χ1) is 11.3. The normalized spacial score (nSPS) is 15.4. The van der Waals surface area contributed by atoms with E-state index >= 15 is 0 Å². The van der Waals surface area contributed by atoms with Gasteiger partial charge in [-0.15, -0.1) is 9.24 Å². The third kappa shape index (κ3) is 3.23. The lowest BCUT2D eigenvalue weighted by atomic mass is 9.83. The fourth-order valence-corrected chi connectivity index (χ4v) is 4.29. The molecule has 1 atom stereocenters. The molecule has 0 radical (unpaired) electrons. The Bertz CT molecular complexity index is 675. The van der Waals surface area contributed by atoms with Crippen molar-refractivity contribution >= 4 is 14.5 Å². The zero-order chi connectivity index (χ0) is 16.2. The molecular formula is C20H25O2P. The van der Waals surface area contributed by atoms with E-state index in [9.17, 15) is 0 Å². The Kier molecular flexibility index (Phi) is 5.23. The van der Waals surface area contributed by atoms with Crippen molar-refractivity contribution in [2.75, 3.05) is 14.2 Å². The molecule has 1 aliphatic carbocycles. The van der Waals surface area contributed by atoms with Gasteiger partial charge in [0.2, 0.25) is 0 Å². The molecule has 3 rings (SSSR count). The average Bonchev–Trinajstić information content (AvgIpc) is 2.62. The van der Waals surface area contributed by atoms with Crippen LogP contribution < -0.4 is 14.8 Å². The second kappa shape index (κ2) is 7.36. The Morgan fingerprint density at radius 3 is 2.30 bits per heavy atom. The highest BCUT2D eigenvalue weighted by Crippen LogP contribution is 2.40. The van der Waals surface area contributed by atoms with Gasteiger partial charge in [-0.2, -0.15) is 0 Å². The van der Waals surface area contributed by atoms with E-state index in [1.54, 1.807) is 14.2 Å². The predicted octanol–water partition coefficient (Wildman–Crippen LogP) is 4.92. The fraction of sp³-hybridized carbons (Fsp3) is 0.400. The van der Waals surface area contributed by atoms with E-state index in [1.165, 1.54) is 43.0 Å². The minimum absolute atomic E-state index is 0.664.